The zero-order valence-electron chi connectivity index (χ0n) is 10.9. The highest BCUT2D eigenvalue weighted by molar-refractivity contribution is 5.88. The predicted molar refractivity (Wildman–Crippen MR) is 77.5 cm³/mol. The summed E-state index contributed by atoms with van der Waals surface area (Å²) >= 11 is 0. The molecule has 0 saturated heterocycles. The molecule has 0 saturated carbocycles. The smallest absolute Gasteiger partial charge is 0.335 e. The topological polar surface area (TPSA) is 81.1 Å². The number of carboxylic acids is 1. The molecule has 0 bridgehead atoms. The number of benzene rings is 2. The Balaban J connectivity index is 2.14. The number of hydrogen-bond acceptors (Lipinski definition) is 3. The van der Waals surface area contributed by atoms with Crippen LogP contribution in [-0.2, 0) is 7.05 Å². The van der Waals surface area contributed by atoms with E-state index >= 15 is 0 Å². The number of carboxylic acid groups (broad SMARTS) is 1. The molecule has 0 aliphatic heterocycles. The summed E-state index contributed by atoms with van der Waals surface area (Å²) in [5, 5.41) is 8.91. The van der Waals surface area contributed by atoms with E-state index in [1.165, 1.54) is 0 Å². The van der Waals surface area contributed by atoms with E-state index < -0.39 is 5.97 Å². The molecule has 20 heavy (non-hydrogen) atoms. The largest absolute Gasteiger partial charge is 0.478 e. The maximum Gasteiger partial charge on any atom is 0.335 e. The van der Waals surface area contributed by atoms with Crippen molar-refractivity contribution in [1.29, 1.82) is 0 Å². The van der Waals surface area contributed by atoms with Gasteiger partial charge in [0.2, 0.25) is 0 Å². The average molecular weight is 267 g/mol. The minimum absolute atomic E-state index is 0.261. The second kappa shape index (κ2) is 4.38. The zero-order chi connectivity index (χ0) is 14.3. The first-order chi connectivity index (χ1) is 9.56. The van der Waals surface area contributed by atoms with Gasteiger partial charge in [-0.05, 0) is 30.3 Å². The van der Waals surface area contributed by atoms with Crippen LogP contribution in [0.1, 0.15) is 10.4 Å². The Morgan fingerprint density at radius 2 is 1.90 bits per heavy atom. The fourth-order valence-electron chi connectivity index (χ4n) is 2.24. The summed E-state index contributed by atoms with van der Waals surface area (Å²) in [5.74, 6) is -0.156. The third kappa shape index (κ3) is 1.89. The van der Waals surface area contributed by atoms with Gasteiger partial charge in [-0.2, -0.15) is 0 Å². The summed E-state index contributed by atoms with van der Waals surface area (Å²) in [6.07, 6.45) is 0. The minimum atomic E-state index is -0.936. The van der Waals surface area contributed by atoms with Crippen LogP contribution in [0.25, 0.3) is 22.4 Å². The Morgan fingerprint density at radius 1 is 1.20 bits per heavy atom. The van der Waals surface area contributed by atoms with Crippen LogP contribution in [-0.4, -0.2) is 20.6 Å². The van der Waals surface area contributed by atoms with E-state index in [1.54, 1.807) is 24.3 Å². The van der Waals surface area contributed by atoms with Gasteiger partial charge in [0.15, 0.2) is 0 Å². The van der Waals surface area contributed by atoms with Gasteiger partial charge >= 0.3 is 5.97 Å². The van der Waals surface area contributed by atoms with E-state index in [2.05, 4.69) is 4.98 Å². The van der Waals surface area contributed by atoms with Gasteiger partial charge < -0.3 is 15.4 Å². The van der Waals surface area contributed by atoms with Crippen molar-refractivity contribution in [3.05, 3.63) is 48.0 Å². The number of carbonyl (C=O) groups is 1. The number of anilines is 1. The molecule has 3 rings (SSSR count). The number of imidazole rings is 1. The minimum Gasteiger partial charge on any atom is -0.478 e. The molecule has 0 aliphatic rings. The van der Waals surface area contributed by atoms with Crippen molar-refractivity contribution in [2.45, 2.75) is 0 Å². The summed E-state index contributed by atoms with van der Waals surface area (Å²) in [5.41, 5.74) is 9.37. The third-order valence-corrected chi connectivity index (χ3v) is 3.29. The molecule has 1 heterocycles. The monoisotopic (exact) mass is 267 g/mol. The van der Waals surface area contributed by atoms with Crippen LogP contribution in [0.15, 0.2) is 42.5 Å². The van der Waals surface area contributed by atoms with Gasteiger partial charge in [0, 0.05) is 18.3 Å². The lowest BCUT2D eigenvalue weighted by Crippen LogP contribution is -1.97. The second-order valence-corrected chi connectivity index (χ2v) is 4.63. The van der Waals surface area contributed by atoms with Gasteiger partial charge in [0.05, 0.1) is 16.6 Å². The van der Waals surface area contributed by atoms with Crippen molar-refractivity contribution in [2.75, 3.05) is 5.73 Å². The van der Waals surface area contributed by atoms with Gasteiger partial charge in [0.25, 0.3) is 0 Å². The number of rotatable bonds is 2. The fourth-order valence-corrected chi connectivity index (χ4v) is 2.24. The lowest BCUT2D eigenvalue weighted by atomic mass is 10.1. The van der Waals surface area contributed by atoms with Crippen LogP contribution in [0.3, 0.4) is 0 Å². The van der Waals surface area contributed by atoms with E-state index in [0.29, 0.717) is 5.69 Å². The second-order valence-electron chi connectivity index (χ2n) is 4.63. The fraction of sp³-hybridized carbons (Fsp3) is 0.0667. The first kappa shape index (κ1) is 12.2. The number of aromatic nitrogens is 2. The number of fused-ring (bicyclic) bond motifs is 1. The van der Waals surface area contributed by atoms with Crippen LogP contribution in [0.5, 0.6) is 0 Å². The van der Waals surface area contributed by atoms with Crippen molar-refractivity contribution in [3.8, 4) is 11.4 Å². The molecule has 0 aliphatic carbocycles. The third-order valence-electron chi connectivity index (χ3n) is 3.29. The number of aryl methyl sites for hydroxylation is 1. The van der Waals surface area contributed by atoms with E-state index in [4.69, 9.17) is 10.8 Å². The first-order valence-corrected chi connectivity index (χ1v) is 6.12. The van der Waals surface area contributed by atoms with Crippen LogP contribution in [0.4, 0.5) is 5.69 Å². The van der Waals surface area contributed by atoms with Crippen molar-refractivity contribution in [2.24, 2.45) is 7.05 Å². The molecule has 0 amide bonds. The molecule has 0 fully saturated rings. The standard InChI is InChI=1S/C15H13N3O2/c1-18-13-7-6-11(16)8-12(13)17-14(18)9-2-4-10(5-3-9)15(19)20/h2-8H,16H2,1H3,(H,19,20). The number of aromatic carboxylic acids is 1. The van der Waals surface area contributed by atoms with Gasteiger partial charge in [0.1, 0.15) is 5.82 Å². The van der Waals surface area contributed by atoms with Gasteiger partial charge in [-0.15, -0.1) is 0 Å². The molecule has 3 aromatic rings. The molecule has 0 atom stereocenters. The van der Waals surface area contributed by atoms with Crippen LogP contribution < -0.4 is 5.73 Å². The molecule has 1 aromatic heterocycles. The summed E-state index contributed by atoms with van der Waals surface area (Å²) in [6.45, 7) is 0. The molecule has 5 nitrogen and oxygen atoms in total. The predicted octanol–water partition coefficient (Wildman–Crippen LogP) is 2.52. The van der Waals surface area contributed by atoms with Gasteiger partial charge in [-0.25, -0.2) is 9.78 Å². The van der Waals surface area contributed by atoms with Crippen LogP contribution in [0, 0.1) is 0 Å². The summed E-state index contributed by atoms with van der Waals surface area (Å²) in [6, 6.07) is 12.2. The number of nitrogens with zero attached hydrogens (tertiary/aromatic N) is 2. The maximum atomic E-state index is 10.9. The van der Waals surface area contributed by atoms with Crippen LogP contribution in [0.2, 0.25) is 0 Å². The lowest BCUT2D eigenvalue weighted by molar-refractivity contribution is 0.0697. The quantitative estimate of drug-likeness (QED) is 0.699. The first-order valence-electron chi connectivity index (χ1n) is 6.12. The summed E-state index contributed by atoms with van der Waals surface area (Å²) in [4.78, 5) is 15.4. The van der Waals surface area contributed by atoms with E-state index in [1.807, 2.05) is 29.8 Å². The number of nitrogens with two attached hydrogens (primary N) is 1. The Kier molecular flexibility index (Phi) is 2.68. The van der Waals surface area contributed by atoms with Gasteiger partial charge in [-0.3, -0.25) is 0 Å². The molecular weight excluding hydrogens is 254 g/mol. The highest BCUT2D eigenvalue weighted by Crippen LogP contribution is 2.25. The molecule has 100 valence electrons. The van der Waals surface area contributed by atoms with Crippen molar-refractivity contribution in [1.82, 2.24) is 9.55 Å². The van der Waals surface area contributed by atoms with E-state index in [0.717, 1.165) is 22.4 Å². The Morgan fingerprint density at radius 3 is 2.55 bits per heavy atom. The Labute approximate surface area is 115 Å². The normalized spacial score (nSPS) is 10.8. The maximum absolute atomic E-state index is 10.9. The molecule has 0 unspecified atom stereocenters. The van der Waals surface area contributed by atoms with Crippen LogP contribution >= 0.6 is 0 Å². The number of nitrogen functional groups attached to an aromatic ring is 1. The summed E-state index contributed by atoms with van der Waals surface area (Å²) < 4.78 is 1.96. The molecule has 3 N–H and O–H groups in total. The average Bonchev–Trinajstić information content (AvgIpc) is 2.75. The van der Waals surface area contributed by atoms with Crippen molar-refractivity contribution >= 4 is 22.7 Å². The SMILES string of the molecule is Cn1c(-c2ccc(C(=O)O)cc2)nc2cc(N)ccc21. The lowest BCUT2D eigenvalue weighted by Gasteiger charge is -2.03. The highest BCUT2D eigenvalue weighted by atomic mass is 16.4. The molecule has 5 heteroatoms. The van der Waals surface area contributed by atoms with Gasteiger partial charge in [-0.1, -0.05) is 12.1 Å². The molecule has 0 radical (unpaired) electrons. The Bertz CT molecular complexity index is 804. The zero-order valence-corrected chi connectivity index (χ0v) is 10.9. The number of hydrogen-bond donors (Lipinski definition) is 2. The van der Waals surface area contributed by atoms with E-state index in [-0.39, 0.29) is 5.56 Å². The molecule has 0 spiro atoms. The summed E-state index contributed by atoms with van der Waals surface area (Å²) in [7, 11) is 1.92. The molecular formula is C15H13N3O2. The van der Waals surface area contributed by atoms with Crippen molar-refractivity contribution < 1.29 is 9.90 Å². The van der Waals surface area contributed by atoms with E-state index in [9.17, 15) is 4.79 Å². The highest BCUT2D eigenvalue weighted by Gasteiger charge is 2.10. The van der Waals surface area contributed by atoms with Crippen molar-refractivity contribution in [3.63, 3.8) is 0 Å². The Hall–Kier alpha value is -2.82. The molecule has 2 aromatic carbocycles.